The largest absolute Gasteiger partial charge is 0.351 e. The maximum absolute atomic E-state index is 15.7. The van der Waals surface area contributed by atoms with Crippen molar-refractivity contribution in [3.63, 3.8) is 0 Å². The van der Waals surface area contributed by atoms with Crippen LogP contribution in [0.15, 0.2) is 47.6 Å². The van der Waals surface area contributed by atoms with E-state index in [2.05, 4.69) is 38.7 Å². The number of aromatic nitrogens is 2. The Morgan fingerprint density at radius 2 is 1.97 bits per heavy atom. The molecule has 0 spiro atoms. The third-order valence-electron chi connectivity index (χ3n) is 6.75. The zero-order valence-electron chi connectivity index (χ0n) is 21.9. The third-order valence-corrected chi connectivity index (χ3v) is 6.75. The first-order valence-electron chi connectivity index (χ1n) is 12.4. The number of nitrogens with zero attached hydrogens (tertiary/aromatic N) is 6. The van der Waals surface area contributed by atoms with Crippen molar-refractivity contribution in [1.29, 1.82) is 0 Å². The van der Waals surface area contributed by atoms with Gasteiger partial charge in [0, 0.05) is 44.5 Å². The number of rotatable bonds is 6. The zero-order chi connectivity index (χ0) is 26.7. The van der Waals surface area contributed by atoms with Crippen LogP contribution in [0.25, 0.3) is 11.3 Å². The number of amides is 1. The summed E-state index contributed by atoms with van der Waals surface area (Å²) >= 11 is 0. The highest BCUT2D eigenvalue weighted by atomic mass is 19.1. The first-order valence-corrected chi connectivity index (χ1v) is 12.4. The molecule has 4 rings (SSSR count). The Kier molecular flexibility index (Phi) is 7.92. The van der Waals surface area contributed by atoms with E-state index in [1.54, 1.807) is 19.3 Å². The molecule has 1 saturated heterocycles. The average Bonchev–Trinajstić information content (AvgIpc) is 2.88. The summed E-state index contributed by atoms with van der Waals surface area (Å²) in [7, 11) is 3.70. The molecule has 9 heteroatoms. The van der Waals surface area contributed by atoms with E-state index in [1.165, 1.54) is 29.2 Å². The van der Waals surface area contributed by atoms with Crippen LogP contribution in [0.1, 0.15) is 30.7 Å². The number of hydrogen-bond donors (Lipinski definition) is 0. The summed E-state index contributed by atoms with van der Waals surface area (Å²) in [6.45, 7) is 8.19. The van der Waals surface area contributed by atoms with Crippen LogP contribution in [0.5, 0.6) is 0 Å². The summed E-state index contributed by atoms with van der Waals surface area (Å²) in [5.41, 5.74) is 2.27. The molecule has 1 amide bonds. The molecule has 0 saturated carbocycles. The summed E-state index contributed by atoms with van der Waals surface area (Å²) in [6, 6.07) is 9.10. The SMILES string of the molecule is CCc1nccc(C)c1N(C=O)c1nc(-c2ccccc2F)c(F)cc1C(=NC)N1CCN(C)CC1C. The Hall–Kier alpha value is -3.72. The Morgan fingerprint density at radius 1 is 1.22 bits per heavy atom. The van der Waals surface area contributed by atoms with E-state index in [1.807, 2.05) is 19.9 Å². The lowest BCUT2D eigenvalue weighted by Gasteiger charge is -2.40. The van der Waals surface area contributed by atoms with E-state index >= 15 is 4.39 Å². The molecule has 0 radical (unpaired) electrons. The van der Waals surface area contributed by atoms with Crippen LogP contribution in [0.2, 0.25) is 0 Å². The molecule has 1 aliphatic heterocycles. The van der Waals surface area contributed by atoms with E-state index in [4.69, 9.17) is 0 Å². The number of likely N-dealkylation sites (N-methyl/N-ethyl adjacent to an activating group) is 1. The van der Waals surface area contributed by atoms with Crippen molar-refractivity contribution in [2.75, 3.05) is 38.6 Å². The second kappa shape index (κ2) is 11.1. The molecule has 194 valence electrons. The number of pyridine rings is 2. The molecule has 3 heterocycles. The summed E-state index contributed by atoms with van der Waals surface area (Å²) in [4.78, 5) is 32.0. The van der Waals surface area contributed by atoms with Gasteiger partial charge in [0.2, 0.25) is 6.41 Å². The van der Waals surface area contributed by atoms with E-state index in [-0.39, 0.29) is 23.1 Å². The van der Waals surface area contributed by atoms with Crippen molar-refractivity contribution in [3.05, 3.63) is 71.1 Å². The van der Waals surface area contributed by atoms with Gasteiger partial charge < -0.3 is 9.80 Å². The smallest absolute Gasteiger partial charge is 0.219 e. The van der Waals surface area contributed by atoms with Crippen LogP contribution in [-0.2, 0) is 11.2 Å². The monoisotopic (exact) mass is 506 g/mol. The normalized spacial score (nSPS) is 16.7. The number of anilines is 2. The molecule has 1 aliphatic rings. The molecule has 1 unspecified atom stereocenters. The number of carbonyl (C=O) groups is 1. The van der Waals surface area contributed by atoms with E-state index in [0.29, 0.717) is 42.2 Å². The molecule has 1 fully saturated rings. The maximum atomic E-state index is 15.7. The van der Waals surface area contributed by atoms with Gasteiger partial charge in [0.25, 0.3) is 0 Å². The van der Waals surface area contributed by atoms with Crippen LogP contribution in [0, 0.1) is 18.6 Å². The number of carbonyl (C=O) groups excluding carboxylic acids is 1. The fourth-order valence-corrected chi connectivity index (χ4v) is 4.93. The standard InChI is InChI=1S/C28H32F2N6O/c1-6-24-26(18(2)11-12-32-24)36(17-37)28-21(27(31-4)35-14-13-34(5)16-19(35)3)15-23(30)25(33-28)20-9-7-8-10-22(20)29/h7-12,15,17,19H,6,13-14,16H2,1-5H3. The van der Waals surface area contributed by atoms with Crippen molar-refractivity contribution in [2.45, 2.75) is 33.2 Å². The molecule has 0 N–H and O–H groups in total. The van der Waals surface area contributed by atoms with Crippen LogP contribution < -0.4 is 4.90 Å². The van der Waals surface area contributed by atoms with Crippen LogP contribution >= 0.6 is 0 Å². The zero-order valence-corrected chi connectivity index (χ0v) is 21.9. The highest BCUT2D eigenvalue weighted by Crippen LogP contribution is 2.35. The number of hydrogen-bond acceptors (Lipinski definition) is 5. The molecule has 7 nitrogen and oxygen atoms in total. The van der Waals surface area contributed by atoms with Crippen molar-refractivity contribution in [2.24, 2.45) is 4.99 Å². The highest BCUT2D eigenvalue weighted by Gasteiger charge is 2.31. The quantitative estimate of drug-likeness (QED) is 0.278. The molecular weight excluding hydrogens is 474 g/mol. The van der Waals surface area contributed by atoms with Gasteiger partial charge in [-0.2, -0.15) is 0 Å². The van der Waals surface area contributed by atoms with E-state index in [9.17, 15) is 9.18 Å². The van der Waals surface area contributed by atoms with Gasteiger partial charge >= 0.3 is 0 Å². The summed E-state index contributed by atoms with van der Waals surface area (Å²) in [5.74, 6) is -0.605. The molecule has 0 bridgehead atoms. The van der Waals surface area contributed by atoms with Crippen molar-refractivity contribution in [1.82, 2.24) is 19.8 Å². The number of piperazine rings is 1. The molecule has 2 aromatic heterocycles. The minimum atomic E-state index is -0.698. The maximum Gasteiger partial charge on any atom is 0.219 e. The Morgan fingerprint density at radius 3 is 2.62 bits per heavy atom. The Labute approximate surface area is 216 Å². The first kappa shape index (κ1) is 26.3. The molecule has 37 heavy (non-hydrogen) atoms. The minimum absolute atomic E-state index is 0.0141. The first-order chi connectivity index (χ1) is 17.8. The van der Waals surface area contributed by atoms with Gasteiger partial charge in [0.05, 0.1) is 16.9 Å². The lowest BCUT2D eigenvalue weighted by atomic mass is 10.0. The molecule has 3 aromatic rings. The Balaban J connectivity index is 1.99. The van der Waals surface area contributed by atoms with Gasteiger partial charge in [0.1, 0.15) is 23.2 Å². The summed E-state index contributed by atoms with van der Waals surface area (Å²) in [5, 5.41) is 0. The minimum Gasteiger partial charge on any atom is -0.351 e. The molecule has 0 aliphatic carbocycles. The molecular formula is C28H32F2N6O. The highest BCUT2D eigenvalue weighted by molar-refractivity contribution is 6.06. The summed E-state index contributed by atoms with van der Waals surface area (Å²) < 4.78 is 30.4. The van der Waals surface area contributed by atoms with Gasteiger partial charge in [-0.1, -0.05) is 19.1 Å². The van der Waals surface area contributed by atoms with Crippen LogP contribution in [-0.4, -0.2) is 71.8 Å². The van der Waals surface area contributed by atoms with Gasteiger partial charge in [-0.25, -0.2) is 13.8 Å². The number of amidine groups is 1. The topological polar surface area (TPSA) is 64.9 Å². The van der Waals surface area contributed by atoms with Gasteiger partial charge in [-0.05, 0) is 57.1 Å². The van der Waals surface area contributed by atoms with Crippen LogP contribution in [0.4, 0.5) is 20.3 Å². The summed E-state index contributed by atoms with van der Waals surface area (Å²) in [6.07, 6.45) is 2.91. The number of aryl methyl sites for hydroxylation is 2. The lowest BCUT2D eigenvalue weighted by Crippen LogP contribution is -2.53. The Bertz CT molecular complexity index is 1330. The fraction of sp³-hybridized carbons (Fsp3) is 0.357. The van der Waals surface area contributed by atoms with Crippen molar-refractivity contribution in [3.8, 4) is 11.3 Å². The molecule has 1 atom stereocenters. The fourth-order valence-electron chi connectivity index (χ4n) is 4.93. The van der Waals surface area contributed by atoms with Gasteiger partial charge in [0.15, 0.2) is 5.82 Å². The average molecular weight is 507 g/mol. The predicted molar refractivity (Wildman–Crippen MR) is 142 cm³/mol. The number of halogens is 2. The van der Waals surface area contributed by atoms with Crippen molar-refractivity contribution >= 4 is 23.8 Å². The van der Waals surface area contributed by atoms with E-state index in [0.717, 1.165) is 18.7 Å². The molecule has 1 aromatic carbocycles. The van der Waals surface area contributed by atoms with Crippen molar-refractivity contribution < 1.29 is 13.6 Å². The van der Waals surface area contributed by atoms with Gasteiger partial charge in [-0.15, -0.1) is 0 Å². The number of aliphatic imine (C=N–C) groups is 1. The second-order valence-corrected chi connectivity index (χ2v) is 9.27. The third kappa shape index (κ3) is 5.09. The number of benzene rings is 1. The lowest BCUT2D eigenvalue weighted by molar-refractivity contribution is -0.106. The second-order valence-electron chi connectivity index (χ2n) is 9.27. The van der Waals surface area contributed by atoms with Crippen LogP contribution in [0.3, 0.4) is 0 Å². The van der Waals surface area contributed by atoms with Gasteiger partial charge in [-0.3, -0.25) is 19.7 Å². The van der Waals surface area contributed by atoms with E-state index < -0.39 is 11.6 Å². The predicted octanol–water partition coefficient (Wildman–Crippen LogP) is 4.60.